The van der Waals surface area contributed by atoms with E-state index < -0.39 is 0 Å². The zero-order valence-electron chi connectivity index (χ0n) is 13.7. The van der Waals surface area contributed by atoms with Crippen molar-refractivity contribution in [2.75, 3.05) is 19.7 Å². The van der Waals surface area contributed by atoms with Gasteiger partial charge in [-0.1, -0.05) is 32.9 Å². The standard InChI is InChI=1S/C18H30N2O/c1-4-11-21-17-9-5-15(6-10-17)18(19)13-20(12-14(2)3)16-7-8-16/h5-6,9-10,14,16,18H,4,7-8,11-13,19H2,1-3H3. The van der Waals surface area contributed by atoms with E-state index in [1.54, 1.807) is 0 Å². The van der Waals surface area contributed by atoms with Crippen LogP contribution < -0.4 is 10.5 Å². The van der Waals surface area contributed by atoms with Crippen molar-refractivity contribution in [1.29, 1.82) is 0 Å². The van der Waals surface area contributed by atoms with Crippen LogP contribution in [0.4, 0.5) is 0 Å². The molecular weight excluding hydrogens is 260 g/mol. The Balaban J connectivity index is 1.90. The van der Waals surface area contributed by atoms with Crippen LogP contribution >= 0.6 is 0 Å². The van der Waals surface area contributed by atoms with E-state index in [4.69, 9.17) is 10.5 Å². The minimum atomic E-state index is 0.0876. The Labute approximate surface area is 129 Å². The van der Waals surface area contributed by atoms with Crippen LogP contribution in [-0.2, 0) is 0 Å². The Morgan fingerprint density at radius 1 is 1.19 bits per heavy atom. The van der Waals surface area contributed by atoms with E-state index in [1.165, 1.54) is 18.4 Å². The summed E-state index contributed by atoms with van der Waals surface area (Å²) in [5, 5.41) is 0. The van der Waals surface area contributed by atoms with E-state index in [9.17, 15) is 0 Å². The molecule has 21 heavy (non-hydrogen) atoms. The molecule has 0 aromatic heterocycles. The van der Waals surface area contributed by atoms with Crippen LogP contribution in [0, 0.1) is 5.92 Å². The zero-order valence-corrected chi connectivity index (χ0v) is 13.7. The molecule has 0 spiro atoms. The Morgan fingerprint density at radius 3 is 2.38 bits per heavy atom. The van der Waals surface area contributed by atoms with Crippen molar-refractivity contribution >= 4 is 0 Å². The highest BCUT2D eigenvalue weighted by atomic mass is 16.5. The van der Waals surface area contributed by atoms with Crippen LogP contribution in [-0.4, -0.2) is 30.6 Å². The molecule has 1 saturated carbocycles. The van der Waals surface area contributed by atoms with Gasteiger partial charge in [-0.05, 0) is 42.9 Å². The zero-order chi connectivity index (χ0) is 15.2. The highest BCUT2D eigenvalue weighted by Crippen LogP contribution is 2.29. The van der Waals surface area contributed by atoms with Gasteiger partial charge >= 0.3 is 0 Å². The van der Waals surface area contributed by atoms with Gasteiger partial charge in [0.1, 0.15) is 5.75 Å². The average Bonchev–Trinajstić information content (AvgIpc) is 3.29. The Morgan fingerprint density at radius 2 is 1.86 bits per heavy atom. The minimum Gasteiger partial charge on any atom is -0.494 e. The lowest BCUT2D eigenvalue weighted by molar-refractivity contribution is 0.221. The van der Waals surface area contributed by atoms with Crippen molar-refractivity contribution in [1.82, 2.24) is 4.90 Å². The van der Waals surface area contributed by atoms with Gasteiger partial charge in [-0.25, -0.2) is 0 Å². The highest BCUT2D eigenvalue weighted by molar-refractivity contribution is 5.29. The predicted molar refractivity (Wildman–Crippen MR) is 88.6 cm³/mol. The summed E-state index contributed by atoms with van der Waals surface area (Å²) in [5.41, 5.74) is 7.61. The lowest BCUT2D eigenvalue weighted by atomic mass is 10.1. The summed E-state index contributed by atoms with van der Waals surface area (Å²) in [6, 6.07) is 9.14. The van der Waals surface area contributed by atoms with Gasteiger partial charge < -0.3 is 10.5 Å². The van der Waals surface area contributed by atoms with Crippen LogP contribution in [0.1, 0.15) is 51.6 Å². The van der Waals surface area contributed by atoms with Crippen molar-refractivity contribution < 1.29 is 4.74 Å². The SMILES string of the molecule is CCCOc1ccc(C(N)CN(CC(C)C)C2CC2)cc1. The normalized spacial score (nSPS) is 16.5. The summed E-state index contributed by atoms with van der Waals surface area (Å²) in [7, 11) is 0. The van der Waals surface area contributed by atoms with Gasteiger partial charge in [-0.15, -0.1) is 0 Å². The van der Waals surface area contributed by atoms with Gasteiger partial charge in [-0.2, -0.15) is 0 Å². The summed E-state index contributed by atoms with van der Waals surface area (Å²) in [4.78, 5) is 2.57. The molecule has 0 bridgehead atoms. The summed E-state index contributed by atoms with van der Waals surface area (Å²) >= 11 is 0. The molecule has 0 heterocycles. The molecule has 1 aliphatic carbocycles. The maximum absolute atomic E-state index is 6.40. The van der Waals surface area contributed by atoms with Gasteiger partial charge in [0.25, 0.3) is 0 Å². The van der Waals surface area contributed by atoms with E-state index in [1.807, 2.05) is 12.1 Å². The molecule has 1 unspecified atom stereocenters. The van der Waals surface area contributed by atoms with E-state index in [0.717, 1.165) is 37.9 Å². The average molecular weight is 290 g/mol. The number of rotatable bonds is 9. The molecule has 118 valence electrons. The van der Waals surface area contributed by atoms with Gasteiger partial charge in [0.05, 0.1) is 6.61 Å². The van der Waals surface area contributed by atoms with Crippen LogP contribution in [0.25, 0.3) is 0 Å². The van der Waals surface area contributed by atoms with E-state index in [-0.39, 0.29) is 6.04 Å². The molecule has 0 aliphatic heterocycles. The quantitative estimate of drug-likeness (QED) is 0.755. The van der Waals surface area contributed by atoms with Crippen LogP contribution in [0.2, 0.25) is 0 Å². The molecule has 0 saturated heterocycles. The first kappa shape index (κ1) is 16.3. The van der Waals surface area contributed by atoms with Crippen LogP contribution in [0.3, 0.4) is 0 Å². The predicted octanol–water partition coefficient (Wildman–Crippen LogP) is 3.60. The smallest absolute Gasteiger partial charge is 0.119 e. The van der Waals surface area contributed by atoms with Crippen LogP contribution in [0.5, 0.6) is 5.75 Å². The monoisotopic (exact) mass is 290 g/mol. The molecular formula is C18H30N2O. The van der Waals surface area contributed by atoms with Crippen molar-refractivity contribution in [2.45, 2.75) is 52.1 Å². The number of benzene rings is 1. The van der Waals surface area contributed by atoms with Crippen molar-refractivity contribution in [3.8, 4) is 5.75 Å². The number of nitrogens with two attached hydrogens (primary N) is 1. The lowest BCUT2D eigenvalue weighted by Gasteiger charge is -2.27. The highest BCUT2D eigenvalue weighted by Gasteiger charge is 2.30. The maximum atomic E-state index is 6.40. The largest absolute Gasteiger partial charge is 0.494 e. The molecule has 1 aromatic carbocycles. The van der Waals surface area contributed by atoms with Crippen molar-refractivity contribution in [3.05, 3.63) is 29.8 Å². The summed E-state index contributed by atoms with van der Waals surface area (Å²) in [6.07, 6.45) is 3.71. The van der Waals surface area contributed by atoms with Gasteiger partial charge in [0, 0.05) is 25.2 Å². The fraction of sp³-hybridized carbons (Fsp3) is 0.667. The first-order valence-corrected chi connectivity index (χ1v) is 8.32. The molecule has 2 rings (SSSR count). The molecule has 2 N–H and O–H groups in total. The number of hydrogen-bond donors (Lipinski definition) is 1. The second kappa shape index (κ2) is 7.81. The fourth-order valence-corrected chi connectivity index (χ4v) is 2.67. The number of nitrogens with zero attached hydrogens (tertiary/aromatic N) is 1. The second-order valence-corrected chi connectivity index (χ2v) is 6.60. The van der Waals surface area contributed by atoms with E-state index >= 15 is 0 Å². The number of hydrogen-bond acceptors (Lipinski definition) is 3. The Kier molecular flexibility index (Phi) is 6.07. The Bertz CT molecular complexity index is 412. The molecule has 1 fully saturated rings. The Hall–Kier alpha value is -1.06. The molecule has 1 atom stereocenters. The fourth-order valence-electron chi connectivity index (χ4n) is 2.67. The molecule has 0 amide bonds. The molecule has 1 aromatic rings. The van der Waals surface area contributed by atoms with Crippen molar-refractivity contribution in [3.63, 3.8) is 0 Å². The molecule has 3 nitrogen and oxygen atoms in total. The molecule has 1 aliphatic rings. The summed E-state index contributed by atoms with van der Waals surface area (Å²) in [5.74, 6) is 1.64. The summed E-state index contributed by atoms with van der Waals surface area (Å²) in [6.45, 7) is 9.55. The van der Waals surface area contributed by atoms with Crippen LogP contribution in [0.15, 0.2) is 24.3 Å². The first-order valence-electron chi connectivity index (χ1n) is 8.32. The molecule has 3 heteroatoms. The molecule has 0 radical (unpaired) electrons. The van der Waals surface area contributed by atoms with E-state index in [0.29, 0.717) is 5.92 Å². The lowest BCUT2D eigenvalue weighted by Crippen LogP contribution is -2.36. The van der Waals surface area contributed by atoms with E-state index in [2.05, 4.69) is 37.8 Å². The maximum Gasteiger partial charge on any atom is 0.119 e. The van der Waals surface area contributed by atoms with Gasteiger partial charge in [0.2, 0.25) is 0 Å². The third-order valence-electron chi connectivity index (χ3n) is 3.88. The minimum absolute atomic E-state index is 0.0876. The third-order valence-corrected chi connectivity index (χ3v) is 3.88. The first-order chi connectivity index (χ1) is 10.1. The van der Waals surface area contributed by atoms with Crippen molar-refractivity contribution in [2.24, 2.45) is 11.7 Å². The van der Waals surface area contributed by atoms with Gasteiger partial charge in [0.15, 0.2) is 0 Å². The van der Waals surface area contributed by atoms with Gasteiger partial charge in [-0.3, -0.25) is 4.90 Å². The summed E-state index contributed by atoms with van der Waals surface area (Å²) < 4.78 is 5.62. The second-order valence-electron chi connectivity index (χ2n) is 6.60. The third kappa shape index (κ3) is 5.33. The number of ether oxygens (including phenoxy) is 1. The topological polar surface area (TPSA) is 38.5 Å².